The average molecular weight is 473 g/mol. The van der Waals surface area contributed by atoms with Crippen molar-refractivity contribution < 1.29 is 23.8 Å². The first kappa shape index (κ1) is 24.3. The maximum atomic E-state index is 12.9. The number of thioether (sulfide) groups is 1. The van der Waals surface area contributed by atoms with Crippen LogP contribution < -0.4 is 10.6 Å². The van der Waals surface area contributed by atoms with Crippen LogP contribution in [0.3, 0.4) is 0 Å². The van der Waals surface area contributed by atoms with Gasteiger partial charge in [0.1, 0.15) is 17.5 Å². The van der Waals surface area contributed by atoms with Crippen molar-refractivity contribution in [1.29, 1.82) is 0 Å². The Morgan fingerprint density at radius 1 is 1.03 bits per heavy atom. The Morgan fingerprint density at radius 3 is 2.16 bits per heavy atom. The Bertz CT molecular complexity index is 732. The second-order valence-electron chi connectivity index (χ2n) is 8.35. The summed E-state index contributed by atoms with van der Waals surface area (Å²) in [5, 5.41) is 14.7. The van der Waals surface area contributed by atoms with Gasteiger partial charge in [0.15, 0.2) is 0 Å². The van der Waals surface area contributed by atoms with Crippen molar-refractivity contribution in [1.82, 2.24) is 10.6 Å². The number of halogens is 2. The summed E-state index contributed by atoms with van der Waals surface area (Å²) in [5.74, 6) is -0.161. The Kier molecular flexibility index (Phi) is 9.01. The summed E-state index contributed by atoms with van der Waals surface area (Å²) in [7, 11) is 0. The average Bonchev–Trinajstić information content (AvgIpc) is 2.74. The predicted molar refractivity (Wildman–Crippen MR) is 118 cm³/mol. The molecule has 0 bridgehead atoms. The molecule has 0 aliphatic heterocycles. The third-order valence-electron chi connectivity index (χ3n) is 5.79. The monoisotopic (exact) mass is 472 g/mol. The molecule has 9 heteroatoms. The number of amides is 2. The first-order valence-corrected chi connectivity index (χ1v) is 12.2. The molecular formula is C22H30ClFN2O4S. The van der Waals surface area contributed by atoms with Gasteiger partial charge in [-0.15, -0.1) is 11.8 Å². The van der Waals surface area contributed by atoms with E-state index in [1.54, 1.807) is 12.1 Å². The maximum absolute atomic E-state index is 12.9. The molecule has 0 heterocycles. The molecule has 0 radical (unpaired) electrons. The highest BCUT2D eigenvalue weighted by molar-refractivity contribution is 8.00. The van der Waals surface area contributed by atoms with Gasteiger partial charge < -0.3 is 20.5 Å². The number of hydrogen-bond donors (Lipinski definition) is 3. The predicted octanol–water partition coefficient (Wildman–Crippen LogP) is 3.35. The van der Waals surface area contributed by atoms with Crippen LogP contribution in [0.5, 0.6) is 0 Å². The van der Waals surface area contributed by atoms with E-state index in [4.69, 9.17) is 16.3 Å². The van der Waals surface area contributed by atoms with Gasteiger partial charge in [-0.1, -0.05) is 11.6 Å². The zero-order valence-electron chi connectivity index (χ0n) is 17.4. The molecule has 3 rings (SSSR count). The van der Waals surface area contributed by atoms with Crippen LogP contribution >= 0.6 is 23.4 Å². The third kappa shape index (κ3) is 8.60. The molecule has 0 aromatic heterocycles. The normalized spacial score (nSPS) is 28.7. The molecule has 1 aromatic rings. The highest BCUT2D eigenvalue weighted by Crippen LogP contribution is 2.32. The molecule has 2 amide bonds. The molecular weight excluding hydrogens is 443 g/mol. The highest BCUT2D eigenvalue weighted by Gasteiger charge is 2.31. The minimum atomic E-state index is -1.13. The van der Waals surface area contributed by atoms with Crippen LogP contribution in [-0.2, 0) is 14.3 Å². The Morgan fingerprint density at radius 2 is 1.58 bits per heavy atom. The first-order chi connectivity index (χ1) is 14.8. The smallest absolute Gasteiger partial charge is 0.246 e. The van der Waals surface area contributed by atoms with Crippen LogP contribution in [0.1, 0.15) is 51.4 Å². The molecule has 0 saturated heterocycles. The number of nitrogens with one attached hydrogen (secondary N) is 2. The van der Waals surface area contributed by atoms with Gasteiger partial charge >= 0.3 is 0 Å². The Labute approximate surface area is 191 Å². The number of hydrogen-bond acceptors (Lipinski definition) is 5. The highest BCUT2D eigenvalue weighted by atomic mass is 35.5. The van der Waals surface area contributed by atoms with E-state index in [1.165, 1.54) is 23.9 Å². The number of rotatable bonds is 8. The quantitative estimate of drug-likeness (QED) is 0.399. The van der Waals surface area contributed by atoms with E-state index in [9.17, 15) is 19.1 Å². The summed E-state index contributed by atoms with van der Waals surface area (Å²) < 4.78 is 18.6. The summed E-state index contributed by atoms with van der Waals surface area (Å²) in [6, 6.07) is 6.30. The molecule has 3 N–H and O–H groups in total. The summed E-state index contributed by atoms with van der Waals surface area (Å²) in [5.41, 5.74) is 0. The molecule has 0 atom stereocenters. The number of ether oxygens (including phenoxy) is 1. The molecule has 0 unspecified atom stereocenters. The lowest BCUT2D eigenvalue weighted by Crippen LogP contribution is -2.45. The van der Waals surface area contributed by atoms with Crippen LogP contribution in [0.2, 0.25) is 0 Å². The van der Waals surface area contributed by atoms with Crippen LogP contribution in [0.15, 0.2) is 29.2 Å². The van der Waals surface area contributed by atoms with E-state index in [-0.39, 0.29) is 42.4 Å². The minimum absolute atomic E-state index is 0.0165. The number of carbonyl (C=O) groups is 2. The van der Waals surface area contributed by atoms with Gasteiger partial charge in [0.25, 0.3) is 0 Å². The minimum Gasteiger partial charge on any atom is -0.375 e. The van der Waals surface area contributed by atoms with Gasteiger partial charge in [-0.3, -0.25) is 9.59 Å². The second kappa shape index (κ2) is 11.5. The molecule has 2 fully saturated rings. The van der Waals surface area contributed by atoms with E-state index in [0.29, 0.717) is 31.4 Å². The van der Waals surface area contributed by atoms with Crippen LogP contribution in [0.4, 0.5) is 4.39 Å². The Balaban J connectivity index is 1.27. The number of carbonyl (C=O) groups excluding carboxylic acids is 2. The molecule has 31 heavy (non-hydrogen) atoms. The lowest BCUT2D eigenvalue weighted by atomic mass is 9.91. The van der Waals surface area contributed by atoms with E-state index < -0.39 is 5.06 Å². The van der Waals surface area contributed by atoms with Crippen molar-refractivity contribution in [3.63, 3.8) is 0 Å². The fraction of sp³-hybridized carbons (Fsp3) is 0.636. The van der Waals surface area contributed by atoms with Gasteiger partial charge in [-0.25, -0.2) is 4.39 Å². The van der Waals surface area contributed by atoms with Crippen molar-refractivity contribution in [3.8, 4) is 0 Å². The lowest BCUT2D eigenvalue weighted by Gasteiger charge is -2.31. The molecule has 172 valence electrons. The van der Waals surface area contributed by atoms with Gasteiger partial charge in [0.05, 0.1) is 11.9 Å². The van der Waals surface area contributed by atoms with Gasteiger partial charge in [-0.05, 0) is 75.6 Å². The largest absolute Gasteiger partial charge is 0.375 e. The summed E-state index contributed by atoms with van der Waals surface area (Å²) in [4.78, 5) is 25.2. The van der Waals surface area contributed by atoms with Gasteiger partial charge in [0, 0.05) is 17.0 Å². The van der Waals surface area contributed by atoms with Gasteiger partial charge in [-0.2, -0.15) is 0 Å². The van der Waals surface area contributed by atoms with Crippen molar-refractivity contribution >= 4 is 35.2 Å². The van der Waals surface area contributed by atoms with Crippen molar-refractivity contribution in [2.45, 2.75) is 79.5 Å². The number of alkyl halides is 1. The van der Waals surface area contributed by atoms with Crippen LogP contribution in [0, 0.1) is 5.82 Å². The Hall–Kier alpha value is -1.35. The van der Waals surface area contributed by atoms with Crippen molar-refractivity contribution in [2.75, 3.05) is 12.4 Å². The summed E-state index contributed by atoms with van der Waals surface area (Å²) in [6.07, 6.45) is 5.46. The standard InChI is InChI=1S/C22H30ClFN2O4S/c23-22(29)11-9-18(10-12-22)30-13-20(27)25-16-3-5-17(6-4-16)26-21(28)14-31-19-7-1-15(24)2-8-19/h1-2,7-8,16-18,29H,3-6,9-14H2,(H,25,27)(H,26,28). The third-order valence-corrected chi connectivity index (χ3v) is 7.18. The van der Waals surface area contributed by atoms with Gasteiger partial charge in [0.2, 0.25) is 11.8 Å². The topological polar surface area (TPSA) is 87.7 Å². The zero-order valence-corrected chi connectivity index (χ0v) is 19.0. The molecule has 2 aliphatic carbocycles. The summed E-state index contributed by atoms with van der Waals surface area (Å²) in [6.45, 7) is 0.0165. The van der Waals surface area contributed by atoms with E-state index in [0.717, 1.165) is 30.6 Å². The maximum Gasteiger partial charge on any atom is 0.246 e. The summed E-state index contributed by atoms with van der Waals surface area (Å²) >= 11 is 7.28. The second-order valence-corrected chi connectivity index (χ2v) is 10.1. The SMILES string of the molecule is O=C(COC1CCC(O)(Cl)CC1)NC1CCC(NC(=O)CSc2ccc(F)cc2)CC1. The first-order valence-electron chi connectivity index (χ1n) is 10.8. The fourth-order valence-corrected chi connectivity index (χ4v) is 4.92. The number of aliphatic hydroxyl groups is 1. The molecule has 6 nitrogen and oxygen atoms in total. The van der Waals surface area contributed by atoms with E-state index >= 15 is 0 Å². The van der Waals surface area contributed by atoms with E-state index in [1.807, 2.05) is 0 Å². The van der Waals surface area contributed by atoms with Crippen LogP contribution in [0.25, 0.3) is 0 Å². The zero-order chi connectivity index (χ0) is 22.3. The fourth-order valence-electron chi connectivity index (χ4n) is 3.99. The lowest BCUT2D eigenvalue weighted by molar-refractivity contribution is -0.130. The van der Waals surface area contributed by atoms with E-state index in [2.05, 4.69) is 10.6 Å². The molecule has 2 aliphatic rings. The van der Waals surface area contributed by atoms with Crippen LogP contribution in [-0.4, -0.2) is 52.5 Å². The number of benzene rings is 1. The molecule has 1 aromatic carbocycles. The molecule has 2 saturated carbocycles. The van der Waals surface area contributed by atoms with Crippen molar-refractivity contribution in [3.05, 3.63) is 30.1 Å². The molecule has 0 spiro atoms. The van der Waals surface area contributed by atoms with Crippen molar-refractivity contribution in [2.24, 2.45) is 0 Å².